The number of aliphatic hydroxyl groups is 1. The number of carbonyl (C=O) groups excluding carboxylic acids is 2. The van der Waals surface area contributed by atoms with Crippen LogP contribution in [0.1, 0.15) is 30.6 Å². The molecular weight excluding hydrogens is 327 g/mol. The standard InChI is InChI=1S/C16H18F3NO4/c1-9(2)8-12(15(23)24-3)20-14(22)13(21)10-4-6-11(7-5-10)16(17,18)19/h4-7,12-13,21H,1,8H2,2-3H3,(H,20,22)/t12-,13+/m0/s1. The normalized spacial score (nSPS) is 13.8. The van der Waals surface area contributed by atoms with Gasteiger partial charge in [0.25, 0.3) is 5.91 Å². The Hall–Kier alpha value is -2.35. The molecule has 0 saturated carbocycles. The van der Waals surface area contributed by atoms with Gasteiger partial charge in [-0.25, -0.2) is 4.79 Å². The van der Waals surface area contributed by atoms with E-state index in [9.17, 15) is 27.9 Å². The van der Waals surface area contributed by atoms with E-state index in [0.29, 0.717) is 5.57 Å². The van der Waals surface area contributed by atoms with Crippen LogP contribution in [0.3, 0.4) is 0 Å². The summed E-state index contributed by atoms with van der Waals surface area (Å²) in [5, 5.41) is 12.2. The van der Waals surface area contributed by atoms with Crippen molar-refractivity contribution in [2.75, 3.05) is 7.11 Å². The molecule has 0 fully saturated rings. The fourth-order valence-electron chi connectivity index (χ4n) is 1.94. The van der Waals surface area contributed by atoms with Crippen molar-refractivity contribution < 1.29 is 32.6 Å². The van der Waals surface area contributed by atoms with E-state index in [1.807, 2.05) is 0 Å². The number of hydrogen-bond acceptors (Lipinski definition) is 4. The quantitative estimate of drug-likeness (QED) is 0.613. The number of hydrogen-bond donors (Lipinski definition) is 2. The lowest BCUT2D eigenvalue weighted by Crippen LogP contribution is -2.43. The minimum absolute atomic E-state index is 0.0283. The predicted molar refractivity (Wildman–Crippen MR) is 79.8 cm³/mol. The van der Waals surface area contributed by atoms with Gasteiger partial charge in [-0.1, -0.05) is 17.7 Å². The molecule has 0 aliphatic heterocycles. The van der Waals surface area contributed by atoms with Crippen molar-refractivity contribution in [3.05, 3.63) is 47.5 Å². The molecule has 0 saturated heterocycles. The smallest absolute Gasteiger partial charge is 0.416 e. The zero-order valence-electron chi connectivity index (χ0n) is 13.2. The van der Waals surface area contributed by atoms with Crippen LogP contribution in [0.2, 0.25) is 0 Å². The lowest BCUT2D eigenvalue weighted by molar-refractivity contribution is -0.146. The van der Waals surface area contributed by atoms with E-state index in [1.165, 1.54) is 0 Å². The van der Waals surface area contributed by atoms with Crippen LogP contribution in [0.25, 0.3) is 0 Å². The van der Waals surface area contributed by atoms with E-state index in [1.54, 1.807) is 6.92 Å². The molecule has 0 radical (unpaired) electrons. The molecule has 1 rings (SSSR count). The maximum absolute atomic E-state index is 12.5. The van der Waals surface area contributed by atoms with Crippen LogP contribution in [-0.2, 0) is 20.5 Å². The first-order chi connectivity index (χ1) is 11.1. The summed E-state index contributed by atoms with van der Waals surface area (Å²) in [6.07, 6.45) is -6.12. The molecule has 0 bridgehead atoms. The highest BCUT2D eigenvalue weighted by Crippen LogP contribution is 2.30. The van der Waals surface area contributed by atoms with Crippen molar-refractivity contribution in [2.45, 2.75) is 31.7 Å². The Morgan fingerprint density at radius 1 is 1.29 bits per heavy atom. The van der Waals surface area contributed by atoms with Crippen molar-refractivity contribution in [3.63, 3.8) is 0 Å². The molecule has 0 aromatic heterocycles. The number of benzene rings is 1. The van der Waals surface area contributed by atoms with Gasteiger partial charge in [0.15, 0.2) is 6.10 Å². The van der Waals surface area contributed by atoms with Crippen molar-refractivity contribution in [2.24, 2.45) is 0 Å². The summed E-state index contributed by atoms with van der Waals surface area (Å²) < 4.78 is 42.0. The molecule has 0 aliphatic rings. The van der Waals surface area contributed by atoms with Crippen LogP contribution < -0.4 is 5.32 Å². The lowest BCUT2D eigenvalue weighted by Gasteiger charge is -2.19. The van der Waals surface area contributed by atoms with E-state index >= 15 is 0 Å². The summed E-state index contributed by atoms with van der Waals surface area (Å²) in [7, 11) is 1.15. The first-order valence-corrected chi connectivity index (χ1v) is 6.94. The van der Waals surface area contributed by atoms with E-state index in [4.69, 9.17) is 0 Å². The van der Waals surface area contributed by atoms with Gasteiger partial charge in [0, 0.05) is 0 Å². The number of methoxy groups -OCH3 is 1. The van der Waals surface area contributed by atoms with Gasteiger partial charge >= 0.3 is 12.1 Å². The van der Waals surface area contributed by atoms with E-state index < -0.39 is 35.8 Å². The summed E-state index contributed by atoms with van der Waals surface area (Å²) in [5.41, 5.74) is -0.317. The molecule has 2 atom stereocenters. The molecule has 0 spiro atoms. The third-order valence-electron chi connectivity index (χ3n) is 3.16. The Kier molecular flexibility index (Phi) is 6.53. The first-order valence-electron chi connectivity index (χ1n) is 6.94. The molecule has 1 aromatic rings. The van der Waals surface area contributed by atoms with Gasteiger partial charge in [-0.3, -0.25) is 4.79 Å². The van der Waals surface area contributed by atoms with Gasteiger partial charge in [-0.2, -0.15) is 13.2 Å². The Morgan fingerprint density at radius 2 is 1.83 bits per heavy atom. The zero-order valence-corrected chi connectivity index (χ0v) is 13.2. The maximum atomic E-state index is 12.5. The van der Waals surface area contributed by atoms with Crippen molar-refractivity contribution in [3.8, 4) is 0 Å². The fraction of sp³-hybridized carbons (Fsp3) is 0.375. The van der Waals surface area contributed by atoms with Crippen LogP contribution in [0.5, 0.6) is 0 Å². The molecule has 0 unspecified atom stereocenters. The number of aliphatic hydroxyl groups excluding tert-OH is 1. The van der Waals surface area contributed by atoms with Crippen molar-refractivity contribution in [1.29, 1.82) is 0 Å². The minimum Gasteiger partial charge on any atom is -0.467 e. The molecule has 0 heterocycles. The van der Waals surface area contributed by atoms with Gasteiger partial charge < -0.3 is 15.2 Å². The molecule has 1 amide bonds. The molecule has 24 heavy (non-hydrogen) atoms. The largest absolute Gasteiger partial charge is 0.467 e. The predicted octanol–water partition coefficient (Wildman–Crippen LogP) is 2.36. The molecule has 8 heteroatoms. The lowest BCUT2D eigenvalue weighted by atomic mass is 10.0. The monoisotopic (exact) mass is 345 g/mol. The van der Waals surface area contributed by atoms with Crippen LogP contribution in [-0.4, -0.2) is 30.1 Å². The van der Waals surface area contributed by atoms with Gasteiger partial charge in [-0.05, 0) is 31.0 Å². The molecule has 1 aromatic carbocycles. The van der Waals surface area contributed by atoms with Gasteiger partial charge in [0.1, 0.15) is 6.04 Å². The summed E-state index contributed by atoms with van der Waals surface area (Å²) in [6, 6.07) is 2.48. The average Bonchev–Trinajstić information content (AvgIpc) is 2.51. The first kappa shape index (κ1) is 19.7. The van der Waals surface area contributed by atoms with Crippen LogP contribution in [0.15, 0.2) is 36.4 Å². The number of rotatable bonds is 6. The Labute approximate surface area is 137 Å². The summed E-state index contributed by atoms with van der Waals surface area (Å²) >= 11 is 0. The molecule has 132 valence electrons. The molecule has 5 nitrogen and oxygen atoms in total. The third-order valence-corrected chi connectivity index (χ3v) is 3.16. The number of amides is 1. The van der Waals surface area contributed by atoms with Crippen LogP contribution in [0.4, 0.5) is 13.2 Å². The van der Waals surface area contributed by atoms with Gasteiger partial charge in [0.05, 0.1) is 12.7 Å². The highest BCUT2D eigenvalue weighted by molar-refractivity contribution is 5.87. The number of alkyl halides is 3. The van der Waals surface area contributed by atoms with Gasteiger partial charge in [0.2, 0.25) is 0 Å². The second kappa shape index (κ2) is 7.96. The van der Waals surface area contributed by atoms with E-state index in [0.717, 1.165) is 31.4 Å². The maximum Gasteiger partial charge on any atom is 0.416 e. The molecular formula is C16H18F3NO4. The molecule has 0 aliphatic carbocycles. The Bertz CT molecular complexity index is 611. The van der Waals surface area contributed by atoms with E-state index in [-0.39, 0.29) is 12.0 Å². The van der Waals surface area contributed by atoms with Crippen LogP contribution >= 0.6 is 0 Å². The number of esters is 1. The van der Waals surface area contributed by atoms with E-state index in [2.05, 4.69) is 16.6 Å². The highest BCUT2D eigenvalue weighted by atomic mass is 19.4. The zero-order chi connectivity index (χ0) is 18.5. The van der Waals surface area contributed by atoms with Crippen molar-refractivity contribution >= 4 is 11.9 Å². The minimum atomic E-state index is -4.51. The van der Waals surface area contributed by atoms with Gasteiger partial charge in [-0.15, -0.1) is 6.58 Å². The summed E-state index contributed by atoms with van der Waals surface area (Å²) in [4.78, 5) is 23.6. The highest BCUT2D eigenvalue weighted by Gasteiger charge is 2.31. The fourth-order valence-corrected chi connectivity index (χ4v) is 1.94. The Morgan fingerprint density at radius 3 is 2.25 bits per heavy atom. The number of halogens is 3. The van der Waals surface area contributed by atoms with Crippen LogP contribution in [0, 0.1) is 0 Å². The Balaban J connectivity index is 2.85. The summed E-state index contributed by atoms with van der Waals surface area (Å²) in [5.74, 6) is -1.64. The second-order valence-electron chi connectivity index (χ2n) is 5.27. The average molecular weight is 345 g/mol. The number of carbonyl (C=O) groups is 2. The topological polar surface area (TPSA) is 75.6 Å². The van der Waals surface area contributed by atoms with Crippen molar-refractivity contribution in [1.82, 2.24) is 5.32 Å². The summed E-state index contributed by atoms with van der Waals surface area (Å²) in [6.45, 7) is 5.27. The second-order valence-corrected chi connectivity index (χ2v) is 5.27. The number of ether oxygens (including phenoxy) is 1. The SMILES string of the molecule is C=C(C)C[C@H](NC(=O)[C@H](O)c1ccc(C(F)(F)F)cc1)C(=O)OC. The number of nitrogens with one attached hydrogen (secondary N) is 1. The molecule has 2 N–H and O–H groups in total. The third kappa shape index (κ3) is 5.38.